The first-order valence-corrected chi connectivity index (χ1v) is 7.79. The smallest absolute Gasteiger partial charge is 0.0207 e. The molecule has 19 heavy (non-hydrogen) atoms. The predicted molar refractivity (Wildman–Crippen MR) is 86.4 cm³/mol. The molecular weight excluding hydrogens is 230 g/mol. The van der Waals surface area contributed by atoms with Gasteiger partial charge in [-0.1, -0.05) is 67.0 Å². The van der Waals surface area contributed by atoms with Crippen LogP contribution in [0.1, 0.15) is 61.3 Å². The molecule has 1 heteroatoms. The van der Waals surface area contributed by atoms with Crippen LogP contribution in [0.15, 0.2) is 23.3 Å². The average Bonchev–Trinajstić information content (AvgIpc) is 2.47. The second kappa shape index (κ2) is 6.26. The van der Waals surface area contributed by atoms with Crippen molar-refractivity contribution in [1.82, 2.24) is 4.90 Å². The average molecular weight is 263 g/mol. The molecule has 0 bridgehead atoms. The van der Waals surface area contributed by atoms with E-state index in [1.165, 1.54) is 19.4 Å². The van der Waals surface area contributed by atoms with Gasteiger partial charge in [0.1, 0.15) is 0 Å². The first-order valence-electron chi connectivity index (χ1n) is 7.79. The van der Waals surface area contributed by atoms with Crippen molar-refractivity contribution < 1.29 is 0 Å². The van der Waals surface area contributed by atoms with Crippen molar-refractivity contribution in [2.45, 2.75) is 61.3 Å². The fourth-order valence-corrected chi connectivity index (χ4v) is 2.69. The molecule has 0 saturated carbocycles. The topological polar surface area (TPSA) is 3.24 Å². The van der Waals surface area contributed by atoms with Crippen molar-refractivity contribution >= 4 is 0 Å². The summed E-state index contributed by atoms with van der Waals surface area (Å²) in [6, 6.07) is 0. The van der Waals surface area contributed by atoms with E-state index in [-0.39, 0.29) is 10.8 Å². The summed E-state index contributed by atoms with van der Waals surface area (Å²) >= 11 is 0. The molecule has 0 N–H and O–H groups in total. The normalized spacial score (nSPS) is 18.9. The van der Waals surface area contributed by atoms with Crippen molar-refractivity contribution in [3.05, 3.63) is 23.3 Å². The highest BCUT2D eigenvalue weighted by molar-refractivity contribution is 5.36. The third-order valence-corrected chi connectivity index (χ3v) is 3.90. The maximum Gasteiger partial charge on any atom is 0.0207 e. The summed E-state index contributed by atoms with van der Waals surface area (Å²) in [4.78, 5) is 2.60. The van der Waals surface area contributed by atoms with E-state index < -0.39 is 0 Å². The Morgan fingerprint density at radius 2 is 1.68 bits per heavy atom. The molecule has 1 aliphatic heterocycles. The van der Waals surface area contributed by atoms with E-state index in [9.17, 15) is 0 Å². The lowest BCUT2D eigenvalue weighted by Gasteiger charge is -2.33. The van der Waals surface area contributed by atoms with E-state index in [4.69, 9.17) is 0 Å². The van der Waals surface area contributed by atoms with Crippen LogP contribution < -0.4 is 0 Å². The molecule has 0 saturated heterocycles. The highest BCUT2D eigenvalue weighted by Gasteiger charge is 2.28. The minimum atomic E-state index is 0.236. The Morgan fingerprint density at radius 1 is 1.05 bits per heavy atom. The van der Waals surface area contributed by atoms with Gasteiger partial charge in [-0.2, -0.15) is 0 Å². The Kier molecular flexibility index (Phi) is 5.43. The Labute approximate surface area is 120 Å². The molecule has 0 unspecified atom stereocenters. The molecule has 0 radical (unpaired) electrons. The first-order chi connectivity index (χ1) is 8.66. The maximum absolute atomic E-state index is 2.60. The molecule has 0 aromatic carbocycles. The van der Waals surface area contributed by atoms with Crippen LogP contribution >= 0.6 is 0 Å². The van der Waals surface area contributed by atoms with Crippen LogP contribution in [0.2, 0.25) is 0 Å². The molecule has 0 aliphatic carbocycles. The molecule has 1 rings (SSSR count). The Balaban J connectivity index is 3.08. The first kappa shape index (κ1) is 16.5. The third-order valence-electron chi connectivity index (χ3n) is 3.90. The number of rotatable bonds is 3. The van der Waals surface area contributed by atoms with E-state index in [0.29, 0.717) is 0 Å². The lowest BCUT2D eigenvalue weighted by molar-refractivity contribution is 0.296. The number of allylic oxidation sites excluding steroid dienone is 2. The van der Waals surface area contributed by atoms with Gasteiger partial charge in [0.2, 0.25) is 0 Å². The summed E-state index contributed by atoms with van der Waals surface area (Å²) in [6.45, 7) is 19.8. The van der Waals surface area contributed by atoms with Crippen LogP contribution in [0, 0.1) is 10.8 Å². The second-order valence-electron chi connectivity index (χ2n) is 7.88. The zero-order valence-corrected chi connectivity index (χ0v) is 14.1. The molecule has 0 aromatic heterocycles. The fraction of sp³-hybridized carbons (Fsp3) is 0.778. The van der Waals surface area contributed by atoms with Crippen molar-refractivity contribution in [2.24, 2.45) is 10.8 Å². The molecule has 110 valence electrons. The van der Waals surface area contributed by atoms with Crippen molar-refractivity contribution in [3.8, 4) is 0 Å². The number of hydrogen-bond donors (Lipinski definition) is 0. The highest BCUT2D eigenvalue weighted by atomic mass is 15.1. The van der Waals surface area contributed by atoms with Crippen molar-refractivity contribution in [3.63, 3.8) is 0 Å². The zero-order valence-electron chi connectivity index (χ0n) is 14.1. The third kappa shape index (κ3) is 4.80. The minimum Gasteiger partial charge on any atom is -0.296 e. The van der Waals surface area contributed by atoms with Gasteiger partial charge in [0.05, 0.1) is 0 Å². The Hall–Kier alpha value is -0.560. The molecule has 0 amide bonds. The lowest BCUT2D eigenvalue weighted by atomic mass is 9.75. The minimum absolute atomic E-state index is 0.236. The predicted octanol–water partition coefficient (Wildman–Crippen LogP) is 5.05. The van der Waals surface area contributed by atoms with E-state index in [1.54, 1.807) is 11.1 Å². The maximum atomic E-state index is 2.60. The molecule has 1 nitrogen and oxygen atoms in total. The summed E-state index contributed by atoms with van der Waals surface area (Å²) in [5.41, 5.74) is 3.64. The number of hydrogen-bond acceptors (Lipinski definition) is 1. The second-order valence-corrected chi connectivity index (χ2v) is 7.88. The Morgan fingerprint density at radius 3 is 2.16 bits per heavy atom. The SMILES string of the molecule is CCCCN1CC=CC(C(C)(C)C)=C(C(C)(C)C)C1. The van der Waals surface area contributed by atoms with Crippen LogP contribution in [-0.2, 0) is 0 Å². The molecule has 1 heterocycles. The molecule has 0 spiro atoms. The molecule has 1 aliphatic rings. The number of unbranched alkanes of at least 4 members (excludes halogenated alkanes) is 1. The van der Waals surface area contributed by atoms with Gasteiger partial charge in [0.15, 0.2) is 0 Å². The van der Waals surface area contributed by atoms with Gasteiger partial charge in [0.25, 0.3) is 0 Å². The van der Waals surface area contributed by atoms with Gasteiger partial charge in [-0.3, -0.25) is 4.90 Å². The van der Waals surface area contributed by atoms with Crippen LogP contribution in [0.25, 0.3) is 0 Å². The fourth-order valence-electron chi connectivity index (χ4n) is 2.69. The van der Waals surface area contributed by atoms with E-state index >= 15 is 0 Å². The highest BCUT2D eigenvalue weighted by Crippen LogP contribution is 2.38. The van der Waals surface area contributed by atoms with Gasteiger partial charge in [-0.05, 0) is 34.9 Å². The van der Waals surface area contributed by atoms with Gasteiger partial charge in [-0.15, -0.1) is 0 Å². The standard InChI is InChI=1S/C18H33N/c1-8-9-12-19-13-10-11-15(17(2,3)4)16(14-19)18(5,6)7/h10-11H,8-9,12-14H2,1-7H3. The van der Waals surface area contributed by atoms with Crippen molar-refractivity contribution in [1.29, 1.82) is 0 Å². The van der Waals surface area contributed by atoms with E-state index in [1.807, 2.05) is 0 Å². The molecule has 0 atom stereocenters. The monoisotopic (exact) mass is 263 g/mol. The van der Waals surface area contributed by atoms with Crippen LogP contribution in [-0.4, -0.2) is 24.5 Å². The van der Waals surface area contributed by atoms with Gasteiger partial charge >= 0.3 is 0 Å². The molecule has 0 fully saturated rings. The van der Waals surface area contributed by atoms with Gasteiger partial charge in [0, 0.05) is 13.1 Å². The Bertz CT molecular complexity index is 347. The number of nitrogens with zero attached hydrogens (tertiary/aromatic N) is 1. The van der Waals surface area contributed by atoms with Gasteiger partial charge in [-0.25, -0.2) is 0 Å². The zero-order chi connectivity index (χ0) is 14.7. The summed E-state index contributed by atoms with van der Waals surface area (Å²) < 4.78 is 0. The van der Waals surface area contributed by atoms with Crippen LogP contribution in [0.5, 0.6) is 0 Å². The summed E-state index contributed by atoms with van der Waals surface area (Å²) in [7, 11) is 0. The van der Waals surface area contributed by atoms with E-state index in [0.717, 1.165) is 13.1 Å². The molecule has 0 aromatic rings. The summed E-state index contributed by atoms with van der Waals surface area (Å²) in [6.07, 6.45) is 7.32. The van der Waals surface area contributed by atoms with Crippen LogP contribution in [0.4, 0.5) is 0 Å². The van der Waals surface area contributed by atoms with E-state index in [2.05, 4.69) is 65.5 Å². The summed E-state index contributed by atoms with van der Waals surface area (Å²) in [5, 5.41) is 0. The summed E-state index contributed by atoms with van der Waals surface area (Å²) in [5.74, 6) is 0. The van der Waals surface area contributed by atoms with Crippen LogP contribution in [0.3, 0.4) is 0 Å². The quantitative estimate of drug-likeness (QED) is 0.689. The van der Waals surface area contributed by atoms with Gasteiger partial charge < -0.3 is 0 Å². The largest absolute Gasteiger partial charge is 0.296 e. The lowest BCUT2D eigenvalue weighted by Crippen LogP contribution is -2.31. The van der Waals surface area contributed by atoms with Crippen molar-refractivity contribution in [2.75, 3.05) is 19.6 Å². The molecular formula is C18H33N.